The van der Waals surface area contributed by atoms with Gasteiger partial charge in [0, 0.05) is 11.3 Å². The summed E-state index contributed by atoms with van der Waals surface area (Å²) in [5, 5.41) is 3.17. The molecule has 0 radical (unpaired) electrons. The zero-order chi connectivity index (χ0) is 14.5. The molecule has 0 saturated carbocycles. The summed E-state index contributed by atoms with van der Waals surface area (Å²) in [5.74, 6) is 0.521. The topological polar surface area (TPSA) is 64.3 Å². The van der Waals surface area contributed by atoms with Gasteiger partial charge in [-0.2, -0.15) is 0 Å². The standard InChI is InChI=1S/C15H15ClN2O2/c1-20-14-5-3-2-4-10(14)8-15(19)18-13-7-6-11(17)9-12(13)16/h2-7,9H,8,17H2,1H3,(H,18,19). The highest BCUT2D eigenvalue weighted by Gasteiger charge is 2.10. The predicted molar refractivity (Wildman–Crippen MR) is 81.2 cm³/mol. The van der Waals surface area contributed by atoms with E-state index >= 15 is 0 Å². The largest absolute Gasteiger partial charge is 0.496 e. The Balaban J connectivity index is 2.09. The van der Waals surface area contributed by atoms with E-state index in [1.807, 2.05) is 24.3 Å². The van der Waals surface area contributed by atoms with Crippen molar-refractivity contribution in [3.05, 3.63) is 53.1 Å². The van der Waals surface area contributed by atoms with Gasteiger partial charge in [0.05, 0.1) is 24.2 Å². The van der Waals surface area contributed by atoms with Crippen molar-refractivity contribution >= 4 is 28.9 Å². The van der Waals surface area contributed by atoms with Crippen molar-refractivity contribution in [2.24, 2.45) is 0 Å². The Bertz CT molecular complexity index is 629. The normalized spacial score (nSPS) is 10.1. The number of carbonyl (C=O) groups excluding carboxylic acids is 1. The molecule has 104 valence electrons. The van der Waals surface area contributed by atoms with Gasteiger partial charge in [-0.15, -0.1) is 0 Å². The number of nitrogen functional groups attached to an aromatic ring is 1. The number of nitrogens with two attached hydrogens (primary N) is 1. The van der Waals surface area contributed by atoms with Gasteiger partial charge in [-0.25, -0.2) is 0 Å². The first kappa shape index (κ1) is 14.2. The summed E-state index contributed by atoms with van der Waals surface area (Å²) in [5.41, 5.74) is 7.52. The van der Waals surface area contributed by atoms with Crippen molar-refractivity contribution in [3.8, 4) is 5.75 Å². The SMILES string of the molecule is COc1ccccc1CC(=O)Nc1ccc(N)cc1Cl. The van der Waals surface area contributed by atoms with E-state index in [-0.39, 0.29) is 12.3 Å². The van der Waals surface area contributed by atoms with Crippen molar-refractivity contribution in [1.82, 2.24) is 0 Å². The Hall–Kier alpha value is -2.20. The minimum atomic E-state index is -0.166. The fourth-order valence-electron chi connectivity index (χ4n) is 1.85. The average Bonchev–Trinajstić information content (AvgIpc) is 2.42. The molecule has 0 heterocycles. The second-order valence-corrected chi connectivity index (χ2v) is 4.68. The molecule has 3 N–H and O–H groups in total. The van der Waals surface area contributed by atoms with Crippen LogP contribution >= 0.6 is 11.6 Å². The van der Waals surface area contributed by atoms with Crippen LogP contribution in [0.3, 0.4) is 0 Å². The van der Waals surface area contributed by atoms with Crippen molar-refractivity contribution < 1.29 is 9.53 Å². The highest BCUT2D eigenvalue weighted by atomic mass is 35.5. The molecule has 0 aromatic heterocycles. The molecule has 2 rings (SSSR count). The number of ether oxygens (including phenoxy) is 1. The molecule has 1 amide bonds. The van der Waals surface area contributed by atoms with Crippen LogP contribution < -0.4 is 15.8 Å². The number of halogens is 1. The van der Waals surface area contributed by atoms with E-state index in [9.17, 15) is 4.79 Å². The van der Waals surface area contributed by atoms with Gasteiger partial charge < -0.3 is 15.8 Å². The van der Waals surface area contributed by atoms with E-state index in [2.05, 4.69) is 5.32 Å². The van der Waals surface area contributed by atoms with Crippen LogP contribution in [-0.4, -0.2) is 13.0 Å². The third-order valence-electron chi connectivity index (χ3n) is 2.81. The Morgan fingerprint density at radius 1 is 1.30 bits per heavy atom. The lowest BCUT2D eigenvalue weighted by atomic mass is 10.1. The second-order valence-electron chi connectivity index (χ2n) is 4.28. The summed E-state index contributed by atoms with van der Waals surface area (Å²) >= 11 is 6.02. The zero-order valence-corrected chi connectivity index (χ0v) is 11.8. The molecule has 0 saturated heterocycles. The first-order chi connectivity index (χ1) is 9.60. The van der Waals surface area contributed by atoms with E-state index in [0.717, 1.165) is 5.56 Å². The van der Waals surface area contributed by atoms with Crippen LogP contribution in [0, 0.1) is 0 Å². The first-order valence-corrected chi connectivity index (χ1v) is 6.44. The van der Waals surface area contributed by atoms with E-state index in [0.29, 0.717) is 22.1 Å². The number of hydrogen-bond donors (Lipinski definition) is 2. The Labute approximate surface area is 122 Å². The molecule has 0 aliphatic carbocycles. The van der Waals surface area contributed by atoms with E-state index in [4.69, 9.17) is 22.1 Å². The van der Waals surface area contributed by atoms with Crippen molar-refractivity contribution in [2.75, 3.05) is 18.2 Å². The minimum absolute atomic E-state index is 0.166. The summed E-state index contributed by atoms with van der Waals surface area (Å²) in [7, 11) is 1.58. The maximum Gasteiger partial charge on any atom is 0.228 e. The Kier molecular flexibility index (Phi) is 4.48. The number of methoxy groups -OCH3 is 1. The summed E-state index contributed by atoms with van der Waals surface area (Å²) in [4.78, 5) is 12.0. The first-order valence-electron chi connectivity index (χ1n) is 6.07. The molecule has 5 heteroatoms. The van der Waals surface area contributed by atoms with Crippen molar-refractivity contribution in [2.45, 2.75) is 6.42 Å². The molecule has 0 unspecified atom stereocenters. The molecule has 20 heavy (non-hydrogen) atoms. The van der Waals surface area contributed by atoms with Crippen LogP contribution in [0.4, 0.5) is 11.4 Å². The highest BCUT2D eigenvalue weighted by molar-refractivity contribution is 6.34. The third-order valence-corrected chi connectivity index (χ3v) is 3.12. The molecule has 0 atom stereocenters. The number of benzene rings is 2. The molecule has 0 bridgehead atoms. The van der Waals surface area contributed by atoms with Gasteiger partial charge in [-0.1, -0.05) is 29.8 Å². The van der Waals surface area contributed by atoms with Crippen LogP contribution in [0.5, 0.6) is 5.75 Å². The third kappa shape index (κ3) is 3.42. The fraction of sp³-hybridized carbons (Fsp3) is 0.133. The molecule has 4 nitrogen and oxygen atoms in total. The zero-order valence-electron chi connectivity index (χ0n) is 11.0. The van der Waals surface area contributed by atoms with Gasteiger partial charge >= 0.3 is 0 Å². The molecule has 2 aromatic carbocycles. The number of para-hydroxylation sites is 1. The van der Waals surface area contributed by atoms with Crippen LogP contribution in [0.15, 0.2) is 42.5 Å². The molecular weight excluding hydrogens is 276 g/mol. The lowest BCUT2D eigenvalue weighted by Crippen LogP contribution is -2.15. The molecule has 0 fully saturated rings. The molecule has 2 aromatic rings. The number of hydrogen-bond acceptors (Lipinski definition) is 3. The molecular formula is C15H15ClN2O2. The van der Waals surface area contributed by atoms with Gasteiger partial charge in [0.15, 0.2) is 0 Å². The van der Waals surface area contributed by atoms with Gasteiger partial charge in [-0.05, 0) is 24.3 Å². The van der Waals surface area contributed by atoms with E-state index < -0.39 is 0 Å². The maximum atomic E-state index is 12.0. The number of carbonyl (C=O) groups is 1. The van der Waals surface area contributed by atoms with Gasteiger partial charge in [0.2, 0.25) is 5.91 Å². The summed E-state index contributed by atoms with van der Waals surface area (Å²) in [6.45, 7) is 0. The minimum Gasteiger partial charge on any atom is -0.496 e. The number of amides is 1. The number of nitrogens with one attached hydrogen (secondary N) is 1. The molecule has 0 aliphatic rings. The second kappa shape index (κ2) is 6.30. The van der Waals surface area contributed by atoms with Crippen LogP contribution in [0.25, 0.3) is 0 Å². The van der Waals surface area contributed by atoms with E-state index in [1.54, 1.807) is 25.3 Å². The Morgan fingerprint density at radius 2 is 2.05 bits per heavy atom. The lowest BCUT2D eigenvalue weighted by Gasteiger charge is -2.10. The summed E-state index contributed by atoms with van der Waals surface area (Å²) in [6, 6.07) is 12.4. The number of anilines is 2. The van der Waals surface area contributed by atoms with Gasteiger partial charge in [0.25, 0.3) is 0 Å². The average molecular weight is 291 g/mol. The quantitative estimate of drug-likeness (QED) is 0.850. The van der Waals surface area contributed by atoms with Gasteiger partial charge in [-0.3, -0.25) is 4.79 Å². The lowest BCUT2D eigenvalue weighted by molar-refractivity contribution is -0.115. The molecule has 0 spiro atoms. The van der Waals surface area contributed by atoms with Crippen LogP contribution in [-0.2, 0) is 11.2 Å². The fourth-order valence-corrected chi connectivity index (χ4v) is 2.09. The maximum absolute atomic E-state index is 12.0. The predicted octanol–water partition coefficient (Wildman–Crippen LogP) is 3.11. The summed E-state index contributed by atoms with van der Waals surface area (Å²) in [6.07, 6.45) is 0.213. The number of rotatable bonds is 4. The van der Waals surface area contributed by atoms with E-state index in [1.165, 1.54) is 0 Å². The van der Waals surface area contributed by atoms with Crippen LogP contribution in [0.1, 0.15) is 5.56 Å². The van der Waals surface area contributed by atoms with Crippen molar-refractivity contribution in [1.29, 1.82) is 0 Å². The highest BCUT2D eigenvalue weighted by Crippen LogP contribution is 2.25. The summed E-state index contributed by atoms with van der Waals surface area (Å²) < 4.78 is 5.21. The van der Waals surface area contributed by atoms with Crippen molar-refractivity contribution in [3.63, 3.8) is 0 Å². The van der Waals surface area contributed by atoms with Crippen LogP contribution in [0.2, 0.25) is 5.02 Å². The smallest absolute Gasteiger partial charge is 0.228 e. The Morgan fingerprint density at radius 3 is 2.75 bits per heavy atom. The molecule has 0 aliphatic heterocycles. The monoisotopic (exact) mass is 290 g/mol. The van der Waals surface area contributed by atoms with Gasteiger partial charge in [0.1, 0.15) is 5.75 Å².